The third-order valence-corrected chi connectivity index (χ3v) is 3.04. The van der Waals surface area contributed by atoms with Crippen LogP contribution in [-0.4, -0.2) is 16.5 Å². The van der Waals surface area contributed by atoms with E-state index in [2.05, 4.69) is 31.2 Å². The summed E-state index contributed by atoms with van der Waals surface area (Å²) in [7, 11) is 0. The minimum Gasteiger partial charge on any atom is -0.341 e. The molecule has 0 saturated heterocycles. The topological polar surface area (TPSA) is 40.7 Å². The van der Waals surface area contributed by atoms with Crippen molar-refractivity contribution in [2.75, 3.05) is 6.54 Å². The fourth-order valence-corrected chi connectivity index (χ4v) is 2.07. The van der Waals surface area contributed by atoms with Gasteiger partial charge in [-0.25, -0.2) is 9.37 Å². The number of nitrogens with one attached hydrogen (secondary N) is 2. The van der Waals surface area contributed by atoms with Crippen LogP contribution in [0.25, 0.3) is 11.4 Å². The maximum Gasteiger partial charge on any atom is 0.138 e. The smallest absolute Gasteiger partial charge is 0.138 e. The Morgan fingerprint density at radius 1 is 1.47 bits per heavy atom. The fraction of sp³-hybridized carbons (Fsp3) is 0.250. The molecule has 0 amide bonds. The number of halogens is 2. The standard InChI is InChI=1S/C12H13BrFN3/c1-2-15-6-9-7-16-12(17-9)10-4-3-8(14)5-11(10)13/h3-5,7,15H,2,6H2,1H3,(H,16,17). The number of H-pyrrole nitrogens is 1. The van der Waals surface area contributed by atoms with Gasteiger partial charge in [0, 0.05) is 28.5 Å². The van der Waals surface area contributed by atoms with Gasteiger partial charge in [-0.15, -0.1) is 0 Å². The average molecular weight is 298 g/mol. The van der Waals surface area contributed by atoms with Crippen LogP contribution in [0.15, 0.2) is 28.9 Å². The molecule has 0 atom stereocenters. The molecule has 0 fully saturated rings. The molecule has 3 nitrogen and oxygen atoms in total. The molecule has 0 saturated carbocycles. The Morgan fingerprint density at radius 3 is 3.00 bits per heavy atom. The molecule has 0 aliphatic rings. The van der Waals surface area contributed by atoms with Crippen molar-refractivity contribution in [1.29, 1.82) is 0 Å². The van der Waals surface area contributed by atoms with Crippen molar-refractivity contribution in [1.82, 2.24) is 15.3 Å². The molecule has 0 aliphatic heterocycles. The van der Waals surface area contributed by atoms with E-state index in [1.807, 2.05) is 6.92 Å². The maximum atomic E-state index is 13.0. The third kappa shape index (κ3) is 2.92. The zero-order valence-electron chi connectivity index (χ0n) is 9.43. The van der Waals surface area contributed by atoms with Crippen molar-refractivity contribution in [3.8, 4) is 11.4 Å². The lowest BCUT2D eigenvalue weighted by molar-refractivity contribution is 0.627. The van der Waals surface area contributed by atoms with E-state index < -0.39 is 0 Å². The average Bonchev–Trinajstić information content (AvgIpc) is 2.75. The van der Waals surface area contributed by atoms with Gasteiger partial charge in [-0.05, 0) is 40.7 Å². The Labute approximate surface area is 108 Å². The minimum atomic E-state index is -0.264. The van der Waals surface area contributed by atoms with E-state index in [0.717, 1.165) is 30.2 Å². The first-order chi connectivity index (χ1) is 8.20. The molecule has 2 N–H and O–H groups in total. The van der Waals surface area contributed by atoms with E-state index in [1.54, 1.807) is 12.3 Å². The van der Waals surface area contributed by atoms with Gasteiger partial charge < -0.3 is 10.3 Å². The Bertz CT molecular complexity index is 510. The summed E-state index contributed by atoms with van der Waals surface area (Å²) in [5.41, 5.74) is 1.87. The van der Waals surface area contributed by atoms with Gasteiger partial charge >= 0.3 is 0 Å². The van der Waals surface area contributed by atoms with Gasteiger partial charge in [0.25, 0.3) is 0 Å². The van der Waals surface area contributed by atoms with Gasteiger partial charge in [-0.3, -0.25) is 0 Å². The van der Waals surface area contributed by atoms with Gasteiger partial charge in [-0.2, -0.15) is 0 Å². The van der Waals surface area contributed by atoms with Crippen LogP contribution in [0.5, 0.6) is 0 Å². The Hall–Kier alpha value is -1.20. The first kappa shape index (κ1) is 12.3. The first-order valence-electron chi connectivity index (χ1n) is 5.40. The lowest BCUT2D eigenvalue weighted by Crippen LogP contribution is -2.11. The summed E-state index contributed by atoms with van der Waals surface area (Å²) in [5, 5.41) is 3.21. The highest BCUT2D eigenvalue weighted by Crippen LogP contribution is 2.26. The highest BCUT2D eigenvalue weighted by molar-refractivity contribution is 9.10. The van der Waals surface area contributed by atoms with Crippen molar-refractivity contribution < 1.29 is 4.39 Å². The Kier molecular flexibility index (Phi) is 3.91. The van der Waals surface area contributed by atoms with E-state index in [0.29, 0.717) is 4.47 Å². The SMILES string of the molecule is CCNCc1cnc(-c2ccc(F)cc2Br)[nH]1. The van der Waals surface area contributed by atoms with E-state index in [9.17, 15) is 4.39 Å². The molecule has 0 spiro atoms. The predicted octanol–water partition coefficient (Wildman–Crippen LogP) is 3.09. The summed E-state index contributed by atoms with van der Waals surface area (Å²) in [5.74, 6) is 0.477. The zero-order valence-corrected chi connectivity index (χ0v) is 11.0. The lowest BCUT2D eigenvalue weighted by Gasteiger charge is -2.01. The molecule has 0 bridgehead atoms. The number of rotatable bonds is 4. The van der Waals surface area contributed by atoms with Gasteiger partial charge in [0.05, 0.1) is 0 Å². The maximum absolute atomic E-state index is 13.0. The van der Waals surface area contributed by atoms with Gasteiger partial charge in [0.1, 0.15) is 11.6 Å². The number of benzene rings is 1. The number of nitrogens with zero attached hydrogens (tertiary/aromatic N) is 1. The van der Waals surface area contributed by atoms with Crippen LogP contribution in [0.4, 0.5) is 4.39 Å². The largest absolute Gasteiger partial charge is 0.341 e. The summed E-state index contributed by atoms with van der Waals surface area (Å²) in [6, 6.07) is 4.56. The molecule has 0 aliphatic carbocycles. The minimum absolute atomic E-state index is 0.264. The summed E-state index contributed by atoms with van der Waals surface area (Å²) < 4.78 is 13.7. The number of imidazole rings is 1. The van der Waals surface area contributed by atoms with Crippen LogP contribution in [0, 0.1) is 5.82 Å². The third-order valence-electron chi connectivity index (χ3n) is 2.38. The van der Waals surface area contributed by atoms with Gasteiger partial charge in [0.15, 0.2) is 0 Å². The molecule has 1 aromatic heterocycles. The molecule has 0 radical (unpaired) electrons. The summed E-state index contributed by atoms with van der Waals surface area (Å²) in [6.07, 6.45) is 1.79. The van der Waals surface area contributed by atoms with Crippen LogP contribution in [0.2, 0.25) is 0 Å². The normalized spacial score (nSPS) is 10.8. The second kappa shape index (κ2) is 5.42. The number of aromatic nitrogens is 2. The second-order valence-electron chi connectivity index (χ2n) is 3.66. The van der Waals surface area contributed by atoms with Crippen LogP contribution in [0.3, 0.4) is 0 Å². The molecular weight excluding hydrogens is 285 g/mol. The van der Waals surface area contributed by atoms with Gasteiger partial charge in [-0.1, -0.05) is 6.92 Å². The monoisotopic (exact) mass is 297 g/mol. The molecular formula is C12H13BrFN3. The molecule has 17 heavy (non-hydrogen) atoms. The quantitative estimate of drug-likeness (QED) is 0.910. The summed E-state index contributed by atoms with van der Waals surface area (Å²) >= 11 is 3.33. The molecule has 5 heteroatoms. The van der Waals surface area contributed by atoms with Crippen molar-refractivity contribution in [3.05, 3.63) is 40.4 Å². The van der Waals surface area contributed by atoms with Gasteiger partial charge in [0.2, 0.25) is 0 Å². The highest BCUT2D eigenvalue weighted by atomic mass is 79.9. The van der Waals surface area contributed by atoms with Crippen LogP contribution < -0.4 is 5.32 Å². The fourth-order valence-electron chi connectivity index (χ4n) is 1.53. The first-order valence-corrected chi connectivity index (χ1v) is 6.20. The van der Waals surface area contributed by atoms with Crippen molar-refractivity contribution >= 4 is 15.9 Å². The van der Waals surface area contributed by atoms with Crippen molar-refractivity contribution in [2.45, 2.75) is 13.5 Å². The summed E-state index contributed by atoms with van der Waals surface area (Å²) in [6.45, 7) is 3.71. The highest BCUT2D eigenvalue weighted by Gasteiger charge is 2.08. The van der Waals surface area contributed by atoms with E-state index in [-0.39, 0.29) is 5.82 Å². The predicted molar refractivity (Wildman–Crippen MR) is 69.1 cm³/mol. The Morgan fingerprint density at radius 2 is 2.29 bits per heavy atom. The van der Waals surface area contributed by atoms with E-state index in [4.69, 9.17) is 0 Å². The zero-order chi connectivity index (χ0) is 12.3. The molecule has 2 aromatic rings. The number of aromatic amines is 1. The number of hydrogen-bond acceptors (Lipinski definition) is 2. The summed E-state index contributed by atoms with van der Waals surface area (Å²) in [4.78, 5) is 7.48. The van der Waals surface area contributed by atoms with Crippen LogP contribution >= 0.6 is 15.9 Å². The van der Waals surface area contributed by atoms with Crippen LogP contribution in [0.1, 0.15) is 12.6 Å². The Balaban J connectivity index is 2.24. The molecule has 1 aromatic carbocycles. The second-order valence-corrected chi connectivity index (χ2v) is 4.52. The molecule has 0 unspecified atom stereocenters. The molecule has 2 rings (SSSR count). The number of hydrogen-bond donors (Lipinski definition) is 2. The lowest BCUT2D eigenvalue weighted by atomic mass is 10.2. The molecule has 1 heterocycles. The van der Waals surface area contributed by atoms with E-state index >= 15 is 0 Å². The van der Waals surface area contributed by atoms with Crippen molar-refractivity contribution in [2.24, 2.45) is 0 Å². The van der Waals surface area contributed by atoms with Crippen molar-refractivity contribution in [3.63, 3.8) is 0 Å². The van der Waals surface area contributed by atoms with E-state index in [1.165, 1.54) is 12.1 Å². The molecule has 90 valence electrons. The van der Waals surface area contributed by atoms with Crippen LogP contribution in [-0.2, 0) is 6.54 Å².